The summed E-state index contributed by atoms with van der Waals surface area (Å²) in [5.41, 5.74) is 0. The highest BCUT2D eigenvalue weighted by atomic mass is 16.5. The van der Waals surface area contributed by atoms with Crippen LogP contribution in [0, 0.1) is 5.92 Å². The zero-order valence-electron chi connectivity index (χ0n) is 20.5. The molecule has 1 aliphatic carbocycles. The topological polar surface area (TPSA) is 24.5 Å². The monoisotopic (exact) mass is 410 g/mol. The highest BCUT2D eigenvalue weighted by Crippen LogP contribution is 2.23. The van der Waals surface area contributed by atoms with Crippen LogP contribution in [0.4, 0.5) is 0 Å². The molecule has 0 aromatic carbocycles. The van der Waals surface area contributed by atoms with E-state index in [0.717, 1.165) is 18.6 Å². The average Bonchev–Trinajstić information content (AvgIpc) is 2.68. The second kappa shape index (κ2) is 18.6. The lowest BCUT2D eigenvalue weighted by atomic mass is 9.89. The molecule has 0 radical (unpaired) electrons. The molecule has 1 N–H and O–H groups in total. The third-order valence-electron chi connectivity index (χ3n) is 6.60. The molecule has 0 amide bonds. The number of nitrogens with one attached hydrogen (secondary N) is 1. The van der Waals surface area contributed by atoms with E-state index in [1.54, 1.807) is 0 Å². The first-order valence-electron chi connectivity index (χ1n) is 13.2. The Bertz CT molecular complexity index is 332. The summed E-state index contributed by atoms with van der Waals surface area (Å²) in [5.74, 6) is 0.899. The first-order valence-corrected chi connectivity index (χ1v) is 13.2. The summed E-state index contributed by atoms with van der Waals surface area (Å²) in [6.45, 7) is 11.5. The van der Waals surface area contributed by atoms with Crippen molar-refractivity contribution >= 4 is 0 Å². The Labute approximate surface area is 183 Å². The average molecular weight is 411 g/mol. The predicted molar refractivity (Wildman–Crippen MR) is 129 cm³/mol. The van der Waals surface area contributed by atoms with Gasteiger partial charge in [0.2, 0.25) is 0 Å². The van der Waals surface area contributed by atoms with Crippen LogP contribution in [0.3, 0.4) is 0 Å². The highest BCUT2D eigenvalue weighted by Gasteiger charge is 2.28. The van der Waals surface area contributed by atoms with Crippen molar-refractivity contribution in [3.8, 4) is 0 Å². The van der Waals surface area contributed by atoms with Crippen LogP contribution < -0.4 is 5.32 Å². The van der Waals surface area contributed by atoms with Gasteiger partial charge in [-0.1, -0.05) is 78.6 Å². The highest BCUT2D eigenvalue weighted by molar-refractivity contribution is 4.85. The van der Waals surface area contributed by atoms with Crippen molar-refractivity contribution in [2.45, 2.75) is 129 Å². The molecular formula is C26H54N2O. The summed E-state index contributed by atoms with van der Waals surface area (Å²) in [5, 5.41) is 3.64. The molecular weight excluding hydrogens is 356 g/mol. The Kier molecular flexibility index (Phi) is 17.3. The third kappa shape index (κ3) is 14.5. The quantitative estimate of drug-likeness (QED) is 0.210. The van der Waals surface area contributed by atoms with Gasteiger partial charge in [0.1, 0.15) is 0 Å². The Balaban J connectivity index is 2.09. The minimum absolute atomic E-state index is 0.518. The van der Waals surface area contributed by atoms with Crippen LogP contribution in [0.2, 0.25) is 0 Å². The number of rotatable bonds is 21. The van der Waals surface area contributed by atoms with Gasteiger partial charge in [-0.15, -0.1) is 0 Å². The molecule has 1 saturated carbocycles. The predicted octanol–water partition coefficient (Wildman–Crippen LogP) is 6.80. The van der Waals surface area contributed by atoms with Gasteiger partial charge in [-0.3, -0.25) is 0 Å². The molecule has 1 aliphatic rings. The zero-order chi connectivity index (χ0) is 21.2. The lowest BCUT2D eigenvalue weighted by Gasteiger charge is -2.36. The smallest absolute Gasteiger partial charge is 0.0604 e. The first kappa shape index (κ1) is 26.9. The Morgan fingerprint density at radius 3 is 2.03 bits per heavy atom. The molecule has 0 aliphatic heterocycles. The summed E-state index contributed by atoms with van der Waals surface area (Å²) in [4.78, 5) is 2.57. The van der Waals surface area contributed by atoms with Crippen molar-refractivity contribution in [1.29, 1.82) is 0 Å². The molecule has 3 heteroatoms. The molecule has 0 heterocycles. The van der Waals surface area contributed by atoms with Crippen molar-refractivity contribution in [2.24, 2.45) is 5.92 Å². The van der Waals surface area contributed by atoms with E-state index in [-0.39, 0.29) is 0 Å². The summed E-state index contributed by atoms with van der Waals surface area (Å²) >= 11 is 0. The molecule has 3 nitrogen and oxygen atoms in total. The fourth-order valence-corrected chi connectivity index (χ4v) is 4.51. The second-order valence-corrected chi connectivity index (χ2v) is 9.65. The van der Waals surface area contributed by atoms with Crippen LogP contribution in [-0.2, 0) is 4.74 Å². The molecule has 0 aromatic rings. The van der Waals surface area contributed by atoms with E-state index in [9.17, 15) is 0 Å². The number of unbranched alkanes of at least 4 members (excludes halogenated alkanes) is 7. The number of ether oxygens (including phenoxy) is 1. The Morgan fingerprint density at radius 1 is 0.828 bits per heavy atom. The van der Waals surface area contributed by atoms with E-state index in [4.69, 9.17) is 4.74 Å². The maximum atomic E-state index is 6.09. The third-order valence-corrected chi connectivity index (χ3v) is 6.60. The molecule has 0 atom stereocenters. The number of nitrogens with zero attached hydrogens (tertiary/aromatic N) is 1. The van der Waals surface area contributed by atoms with Crippen LogP contribution in [-0.4, -0.2) is 50.3 Å². The van der Waals surface area contributed by atoms with Gasteiger partial charge in [0.15, 0.2) is 0 Å². The van der Waals surface area contributed by atoms with Crippen molar-refractivity contribution in [3.05, 3.63) is 0 Å². The van der Waals surface area contributed by atoms with Gasteiger partial charge >= 0.3 is 0 Å². The van der Waals surface area contributed by atoms with E-state index >= 15 is 0 Å². The SMILES string of the molecule is CCCCCCC(CCCCCC)CN(C)CCCOC1CC(NCCCC)C1. The summed E-state index contributed by atoms with van der Waals surface area (Å²) < 4.78 is 6.09. The lowest BCUT2D eigenvalue weighted by molar-refractivity contribution is -0.0192. The zero-order valence-corrected chi connectivity index (χ0v) is 20.5. The Morgan fingerprint density at radius 2 is 1.45 bits per heavy atom. The molecule has 29 heavy (non-hydrogen) atoms. The van der Waals surface area contributed by atoms with Crippen molar-refractivity contribution < 1.29 is 4.74 Å². The molecule has 174 valence electrons. The van der Waals surface area contributed by atoms with Crippen molar-refractivity contribution in [2.75, 3.05) is 33.3 Å². The van der Waals surface area contributed by atoms with E-state index in [1.807, 2.05) is 0 Å². The van der Waals surface area contributed by atoms with Gasteiger partial charge in [-0.2, -0.15) is 0 Å². The summed E-state index contributed by atoms with van der Waals surface area (Å²) in [6, 6.07) is 0.718. The maximum Gasteiger partial charge on any atom is 0.0604 e. The van der Waals surface area contributed by atoms with Crippen LogP contribution in [0.15, 0.2) is 0 Å². The van der Waals surface area contributed by atoms with Crippen LogP contribution >= 0.6 is 0 Å². The summed E-state index contributed by atoms with van der Waals surface area (Å²) in [7, 11) is 2.32. The van der Waals surface area contributed by atoms with Gasteiger partial charge in [0.05, 0.1) is 6.10 Å². The van der Waals surface area contributed by atoms with Crippen LogP contribution in [0.25, 0.3) is 0 Å². The largest absolute Gasteiger partial charge is 0.378 e. The molecule has 0 aromatic heterocycles. The minimum atomic E-state index is 0.518. The molecule has 0 bridgehead atoms. The van der Waals surface area contributed by atoms with Crippen LogP contribution in [0.5, 0.6) is 0 Å². The normalized spacial score (nSPS) is 19.2. The Hall–Kier alpha value is -0.120. The van der Waals surface area contributed by atoms with Gasteiger partial charge in [-0.25, -0.2) is 0 Å². The van der Waals surface area contributed by atoms with Gasteiger partial charge in [-0.05, 0) is 58.0 Å². The standard InChI is InChI=1S/C26H54N2O/c1-5-8-11-13-16-24(17-14-12-9-6-2)23-28(4)19-15-20-29-26-21-25(22-26)27-18-10-7-3/h24-27H,5-23H2,1-4H3. The molecule has 0 saturated heterocycles. The van der Waals surface area contributed by atoms with E-state index < -0.39 is 0 Å². The number of hydrogen-bond donors (Lipinski definition) is 1. The van der Waals surface area contributed by atoms with E-state index in [2.05, 4.69) is 38.0 Å². The number of hydrogen-bond acceptors (Lipinski definition) is 3. The molecule has 1 rings (SSSR count). The van der Waals surface area contributed by atoms with Gasteiger partial charge in [0.25, 0.3) is 0 Å². The van der Waals surface area contributed by atoms with Crippen molar-refractivity contribution in [1.82, 2.24) is 10.2 Å². The van der Waals surface area contributed by atoms with Gasteiger partial charge < -0.3 is 15.0 Å². The fraction of sp³-hybridized carbons (Fsp3) is 1.00. The lowest BCUT2D eigenvalue weighted by Crippen LogP contribution is -2.45. The molecule has 0 spiro atoms. The molecule has 0 unspecified atom stereocenters. The summed E-state index contributed by atoms with van der Waals surface area (Å²) in [6.07, 6.45) is 20.8. The maximum absolute atomic E-state index is 6.09. The van der Waals surface area contributed by atoms with E-state index in [1.165, 1.54) is 116 Å². The van der Waals surface area contributed by atoms with Crippen molar-refractivity contribution in [3.63, 3.8) is 0 Å². The van der Waals surface area contributed by atoms with Gasteiger partial charge in [0, 0.05) is 25.7 Å². The fourth-order valence-electron chi connectivity index (χ4n) is 4.51. The minimum Gasteiger partial charge on any atom is -0.378 e. The molecule has 1 fully saturated rings. The first-order chi connectivity index (χ1) is 14.2. The van der Waals surface area contributed by atoms with Crippen LogP contribution in [0.1, 0.15) is 117 Å². The second-order valence-electron chi connectivity index (χ2n) is 9.65. The van der Waals surface area contributed by atoms with E-state index in [0.29, 0.717) is 6.10 Å².